The monoisotopic (exact) mass is 285 g/mol. The minimum atomic E-state index is -0.337. The first-order valence-electron chi connectivity index (χ1n) is 6.72. The van der Waals surface area contributed by atoms with Crippen LogP contribution in [0.5, 0.6) is 0 Å². The zero-order valence-corrected chi connectivity index (χ0v) is 11.5. The van der Waals surface area contributed by atoms with E-state index in [1.165, 1.54) is 12.1 Å². The highest BCUT2D eigenvalue weighted by atomic mass is 16.5. The average Bonchev–Trinajstić information content (AvgIpc) is 2.90. The van der Waals surface area contributed by atoms with Gasteiger partial charge in [-0.3, -0.25) is 9.59 Å². The van der Waals surface area contributed by atoms with E-state index in [0.717, 1.165) is 5.56 Å². The summed E-state index contributed by atoms with van der Waals surface area (Å²) in [6.45, 7) is 2.29. The topological polar surface area (TPSA) is 75.3 Å². The van der Waals surface area contributed by atoms with Gasteiger partial charge in [0.05, 0.1) is 6.54 Å². The van der Waals surface area contributed by atoms with Crippen molar-refractivity contribution in [2.75, 3.05) is 6.54 Å². The van der Waals surface area contributed by atoms with Gasteiger partial charge in [-0.1, -0.05) is 30.3 Å². The van der Waals surface area contributed by atoms with Gasteiger partial charge >= 0.3 is 0 Å². The number of aromatic nitrogens is 2. The van der Waals surface area contributed by atoms with Crippen LogP contribution in [0.4, 0.5) is 0 Å². The summed E-state index contributed by atoms with van der Waals surface area (Å²) in [6, 6.07) is 12.5. The van der Waals surface area contributed by atoms with E-state index in [-0.39, 0.29) is 29.5 Å². The van der Waals surface area contributed by atoms with Gasteiger partial charge in [0.25, 0.3) is 11.5 Å². The van der Waals surface area contributed by atoms with Crippen LogP contribution in [0.25, 0.3) is 0 Å². The molecule has 0 radical (unpaired) electrons. The Kier molecular flexibility index (Phi) is 3.53. The number of amides is 1. The van der Waals surface area contributed by atoms with Crippen molar-refractivity contribution < 1.29 is 9.53 Å². The molecule has 3 rings (SSSR count). The van der Waals surface area contributed by atoms with E-state index < -0.39 is 0 Å². The minimum absolute atomic E-state index is 0.145. The maximum atomic E-state index is 12.4. The molecule has 1 fully saturated rings. The van der Waals surface area contributed by atoms with E-state index in [9.17, 15) is 9.59 Å². The summed E-state index contributed by atoms with van der Waals surface area (Å²) in [5.41, 5.74) is 0.910. The van der Waals surface area contributed by atoms with Crippen molar-refractivity contribution in [1.82, 2.24) is 15.1 Å². The quantitative estimate of drug-likeness (QED) is 0.903. The summed E-state index contributed by atoms with van der Waals surface area (Å²) in [5, 5.41) is 6.04. The zero-order valence-electron chi connectivity index (χ0n) is 11.5. The van der Waals surface area contributed by atoms with Crippen molar-refractivity contribution >= 4 is 5.91 Å². The van der Waals surface area contributed by atoms with Crippen LogP contribution in [0.15, 0.2) is 47.3 Å². The van der Waals surface area contributed by atoms with Crippen LogP contribution in [0, 0.1) is 0 Å². The minimum Gasteiger partial charge on any atom is -0.349 e. The molecule has 0 spiro atoms. The maximum Gasteiger partial charge on any atom is 0.276 e. The Morgan fingerprint density at radius 2 is 2.05 bits per heavy atom. The van der Waals surface area contributed by atoms with Crippen LogP contribution in [0.1, 0.15) is 29.1 Å². The molecule has 6 heteroatoms. The highest BCUT2D eigenvalue weighted by molar-refractivity contribution is 5.92. The van der Waals surface area contributed by atoms with Gasteiger partial charge in [-0.15, -0.1) is 0 Å². The molecule has 21 heavy (non-hydrogen) atoms. The molecule has 0 saturated carbocycles. The normalized spacial score (nSPS) is 21.5. The third kappa shape index (κ3) is 2.71. The first kappa shape index (κ1) is 13.5. The molecule has 2 unspecified atom stereocenters. The molecule has 1 amide bonds. The van der Waals surface area contributed by atoms with Crippen LogP contribution in [0.3, 0.4) is 0 Å². The summed E-state index contributed by atoms with van der Waals surface area (Å²) in [5.74, 6) is -0.253. The van der Waals surface area contributed by atoms with Gasteiger partial charge in [-0.2, -0.15) is 5.10 Å². The number of hydrogen-bond acceptors (Lipinski definition) is 4. The first-order chi connectivity index (χ1) is 10.1. The first-order valence-corrected chi connectivity index (χ1v) is 6.72. The van der Waals surface area contributed by atoms with Crippen LogP contribution >= 0.6 is 0 Å². The Bertz CT molecular complexity index is 678. The molecular weight excluding hydrogens is 270 g/mol. The summed E-state index contributed by atoms with van der Waals surface area (Å²) < 4.78 is 5.83. The van der Waals surface area contributed by atoms with Crippen LogP contribution in [-0.2, 0) is 4.74 Å². The van der Waals surface area contributed by atoms with Gasteiger partial charge in [0.15, 0.2) is 0 Å². The maximum absolute atomic E-state index is 12.4. The summed E-state index contributed by atoms with van der Waals surface area (Å²) in [6.07, 6.45) is -0.482. The standard InChI is InChI=1S/C15H15N3O3/c1-10-18(15(20)12-7-8-14(19)17-16-12)9-13(21-10)11-5-3-2-4-6-11/h2-8,10,13H,9H2,1H3,(H,17,19). The van der Waals surface area contributed by atoms with Crippen molar-refractivity contribution in [2.45, 2.75) is 19.3 Å². The molecule has 2 atom stereocenters. The van der Waals surface area contributed by atoms with Crippen LogP contribution in [-0.4, -0.2) is 33.8 Å². The van der Waals surface area contributed by atoms with Crippen molar-refractivity contribution in [3.05, 3.63) is 64.1 Å². The van der Waals surface area contributed by atoms with Gasteiger partial charge in [0, 0.05) is 6.07 Å². The van der Waals surface area contributed by atoms with Crippen molar-refractivity contribution in [3.8, 4) is 0 Å². The number of nitrogens with zero attached hydrogens (tertiary/aromatic N) is 2. The lowest BCUT2D eigenvalue weighted by atomic mass is 10.1. The van der Waals surface area contributed by atoms with E-state index in [4.69, 9.17) is 4.74 Å². The molecule has 1 aliphatic heterocycles. The highest BCUT2D eigenvalue weighted by Gasteiger charge is 2.34. The second-order valence-corrected chi connectivity index (χ2v) is 4.90. The van der Waals surface area contributed by atoms with Crippen LogP contribution in [0.2, 0.25) is 0 Å². The third-order valence-corrected chi connectivity index (χ3v) is 3.49. The Labute approximate surface area is 121 Å². The largest absolute Gasteiger partial charge is 0.349 e. The Morgan fingerprint density at radius 3 is 2.71 bits per heavy atom. The molecule has 0 bridgehead atoms. The van der Waals surface area contributed by atoms with Crippen LogP contribution < -0.4 is 5.56 Å². The Morgan fingerprint density at radius 1 is 1.29 bits per heavy atom. The van der Waals surface area contributed by atoms with E-state index in [1.807, 2.05) is 37.3 Å². The third-order valence-electron chi connectivity index (χ3n) is 3.49. The molecular formula is C15H15N3O3. The lowest BCUT2D eigenvalue weighted by Crippen LogP contribution is -2.35. The predicted octanol–water partition coefficient (Wildman–Crippen LogP) is 1.33. The fraction of sp³-hybridized carbons (Fsp3) is 0.267. The molecule has 108 valence electrons. The number of benzene rings is 1. The fourth-order valence-electron chi connectivity index (χ4n) is 2.39. The van der Waals surface area contributed by atoms with E-state index in [0.29, 0.717) is 6.54 Å². The van der Waals surface area contributed by atoms with Gasteiger partial charge in [-0.05, 0) is 18.6 Å². The number of ether oxygens (including phenoxy) is 1. The smallest absolute Gasteiger partial charge is 0.276 e. The molecule has 1 aromatic heterocycles. The van der Waals surface area contributed by atoms with E-state index in [2.05, 4.69) is 10.2 Å². The van der Waals surface area contributed by atoms with Gasteiger partial charge in [-0.25, -0.2) is 5.10 Å². The van der Waals surface area contributed by atoms with Gasteiger partial charge < -0.3 is 9.64 Å². The molecule has 1 aromatic carbocycles. The van der Waals surface area contributed by atoms with E-state index in [1.54, 1.807) is 4.90 Å². The second-order valence-electron chi connectivity index (χ2n) is 4.90. The van der Waals surface area contributed by atoms with Crippen molar-refractivity contribution in [1.29, 1.82) is 0 Å². The summed E-state index contributed by atoms with van der Waals surface area (Å²) in [7, 11) is 0. The summed E-state index contributed by atoms with van der Waals surface area (Å²) >= 11 is 0. The Hall–Kier alpha value is -2.47. The number of hydrogen-bond donors (Lipinski definition) is 1. The zero-order chi connectivity index (χ0) is 14.8. The lowest BCUT2D eigenvalue weighted by Gasteiger charge is -2.18. The number of rotatable bonds is 2. The SMILES string of the molecule is CC1OC(c2ccccc2)CN1C(=O)c1ccc(=O)[nH]n1. The Balaban J connectivity index is 1.79. The predicted molar refractivity (Wildman–Crippen MR) is 75.6 cm³/mol. The second kappa shape index (κ2) is 5.49. The van der Waals surface area contributed by atoms with E-state index >= 15 is 0 Å². The number of carbonyl (C=O) groups is 1. The summed E-state index contributed by atoms with van der Waals surface area (Å²) in [4.78, 5) is 25.0. The molecule has 1 saturated heterocycles. The van der Waals surface area contributed by atoms with Gasteiger partial charge in [0.2, 0.25) is 0 Å². The molecule has 1 N–H and O–H groups in total. The van der Waals surface area contributed by atoms with Crippen molar-refractivity contribution in [3.63, 3.8) is 0 Å². The number of aromatic amines is 1. The lowest BCUT2D eigenvalue weighted by molar-refractivity contribution is 0.0135. The average molecular weight is 285 g/mol. The molecule has 0 aliphatic carbocycles. The molecule has 2 heterocycles. The highest BCUT2D eigenvalue weighted by Crippen LogP contribution is 2.29. The fourth-order valence-corrected chi connectivity index (χ4v) is 2.39. The molecule has 1 aliphatic rings. The number of nitrogens with one attached hydrogen (secondary N) is 1. The molecule has 6 nitrogen and oxygen atoms in total. The molecule has 2 aromatic rings. The number of H-pyrrole nitrogens is 1. The van der Waals surface area contributed by atoms with Crippen molar-refractivity contribution in [2.24, 2.45) is 0 Å². The van der Waals surface area contributed by atoms with Gasteiger partial charge in [0.1, 0.15) is 18.0 Å². The number of carbonyl (C=O) groups excluding carboxylic acids is 1.